The van der Waals surface area contributed by atoms with Gasteiger partial charge in [-0.25, -0.2) is 4.79 Å². The number of nitriles is 1. The molecule has 0 fully saturated rings. The molecule has 1 atom stereocenters. The lowest BCUT2D eigenvalue weighted by Gasteiger charge is -2.38. The number of nitro benzene ring substituents is 1. The van der Waals surface area contributed by atoms with Gasteiger partial charge in [-0.05, 0) is 31.4 Å². The van der Waals surface area contributed by atoms with Gasteiger partial charge in [0.1, 0.15) is 6.61 Å². The minimum absolute atomic E-state index is 0.0459. The van der Waals surface area contributed by atoms with Gasteiger partial charge in [-0.1, -0.05) is 25.5 Å². The van der Waals surface area contributed by atoms with Gasteiger partial charge in [-0.15, -0.1) is 0 Å². The van der Waals surface area contributed by atoms with Crippen LogP contribution in [0, 0.1) is 21.4 Å². The molecule has 1 aliphatic heterocycles. The van der Waals surface area contributed by atoms with Crippen molar-refractivity contribution in [1.82, 2.24) is 10.4 Å². The van der Waals surface area contributed by atoms with E-state index in [1.807, 2.05) is 19.9 Å². The van der Waals surface area contributed by atoms with E-state index >= 15 is 0 Å². The smallest absolute Gasteiger partial charge is 0.336 e. The van der Waals surface area contributed by atoms with Crippen molar-refractivity contribution in [2.24, 2.45) is 0 Å². The number of benzene rings is 1. The second kappa shape index (κ2) is 10.2. The Morgan fingerprint density at radius 1 is 1.33 bits per heavy atom. The van der Waals surface area contributed by atoms with Crippen LogP contribution >= 0.6 is 0 Å². The number of rotatable bonds is 9. The Morgan fingerprint density at radius 2 is 2.00 bits per heavy atom. The lowest BCUT2D eigenvalue weighted by Crippen LogP contribution is -2.40. The summed E-state index contributed by atoms with van der Waals surface area (Å²) in [6.45, 7) is 5.50. The highest BCUT2D eigenvalue weighted by atomic mass is 16.6. The monoisotopic (exact) mass is 412 g/mol. The van der Waals surface area contributed by atoms with Gasteiger partial charge in [0.15, 0.2) is 0 Å². The first kappa shape index (κ1) is 22.6. The fourth-order valence-electron chi connectivity index (χ4n) is 3.64. The summed E-state index contributed by atoms with van der Waals surface area (Å²) in [4.78, 5) is 34.7. The fourth-order valence-corrected chi connectivity index (χ4v) is 3.64. The number of hydrogen-bond acceptors (Lipinski definition) is 7. The highest BCUT2D eigenvalue weighted by molar-refractivity contribution is 5.92. The molecule has 1 unspecified atom stereocenters. The summed E-state index contributed by atoms with van der Waals surface area (Å²) in [7, 11) is 0. The lowest BCUT2D eigenvalue weighted by molar-refractivity contribution is -0.384. The zero-order chi connectivity index (χ0) is 22.3. The molecule has 1 N–H and O–H groups in total. The number of ether oxygens (including phenoxy) is 1. The molecule has 0 spiro atoms. The number of carbonyl (C=O) groups is 2. The average molecular weight is 412 g/mol. The number of nitro groups is 1. The first-order valence-electron chi connectivity index (χ1n) is 9.56. The SMILES string of the molecule is CCCC1=C(C)N(NC=O)C(C)=C(C(=O)OCCC#N)C1c1ccc([N+](=O)[O-])cc1. The molecule has 9 heteroatoms. The van der Waals surface area contributed by atoms with E-state index in [0.29, 0.717) is 29.7 Å². The molecule has 0 saturated carbocycles. The van der Waals surface area contributed by atoms with Crippen molar-refractivity contribution in [3.63, 3.8) is 0 Å². The molecular formula is C21H24N4O5. The van der Waals surface area contributed by atoms with Crippen LogP contribution < -0.4 is 5.43 Å². The van der Waals surface area contributed by atoms with Crippen molar-refractivity contribution in [2.75, 3.05) is 6.61 Å². The van der Waals surface area contributed by atoms with E-state index < -0.39 is 16.8 Å². The molecule has 9 nitrogen and oxygen atoms in total. The summed E-state index contributed by atoms with van der Waals surface area (Å²) >= 11 is 0. The Bertz CT molecular complexity index is 928. The van der Waals surface area contributed by atoms with Crippen LogP contribution in [0.25, 0.3) is 0 Å². The van der Waals surface area contributed by atoms with Crippen LogP contribution in [-0.2, 0) is 14.3 Å². The highest BCUT2D eigenvalue weighted by Gasteiger charge is 2.36. The van der Waals surface area contributed by atoms with E-state index in [-0.39, 0.29) is 18.7 Å². The van der Waals surface area contributed by atoms with Crippen LogP contribution in [0.2, 0.25) is 0 Å². The lowest BCUT2D eigenvalue weighted by atomic mass is 9.78. The van der Waals surface area contributed by atoms with E-state index in [0.717, 1.165) is 17.7 Å². The topological polar surface area (TPSA) is 126 Å². The summed E-state index contributed by atoms with van der Waals surface area (Å²) in [6.07, 6.45) is 2.03. The molecule has 1 aromatic carbocycles. The van der Waals surface area contributed by atoms with Crippen LogP contribution in [-0.4, -0.2) is 28.9 Å². The third kappa shape index (κ3) is 4.66. The van der Waals surface area contributed by atoms with Gasteiger partial charge >= 0.3 is 5.97 Å². The second-order valence-electron chi connectivity index (χ2n) is 6.77. The van der Waals surface area contributed by atoms with Crippen molar-refractivity contribution in [3.05, 3.63) is 62.5 Å². The first-order valence-corrected chi connectivity index (χ1v) is 9.56. The summed E-state index contributed by atoms with van der Waals surface area (Å²) in [5.41, 5.74) is 5.76. The first-order chi connectivity index (χ1) is 14.4. The number of carbonyl (C=O) groups excluding carboxylic acids is 2. The van der Waals surface area contributed by atoms with E-state index in [1.165, 1.54) is 12.1 Å². The Hall–Kier alpha value is -3.67. The maximum Gasteiger partial charge on any atom is 0.336 e. The van der Waals surface area contributed by atoms with E-state index in [4.69, 9.17) is 10.00 Å². The predicted octanol–water partition coefficient (Wildman–Crippen LogP) is 3.46. The normalized spacial score (nSPS) is 16.2. The van der Waals surface area contributed by atoms with Crippen LogP contribution in [0.15, 0.2) is 46.8 Å². The minimum atomic E-state index is -0.593. The van der Waals surface area contributed by atoms with Gasteiger partial charge in [0, 0.05) is 29.4 Å². The summed E-state index contributed by atoms with van der Waals surface area (Å²) in [6, 6.07) is 7.99. The Morgan fingerprint density at radius 3 is 2.53 bits per heavy atom. The number of hydrazine groups is 1. The van der Waals surface area contributed by atoms with Crippen molar-refractivity contribution >= 4 is 18.1 Å². The van der Waals surface area contributed by atoms with Gasteiger partial charge < -0.3 is 4.74 Å². The molecule has 1 amide bonds. The van der Waals surface area contributed by atoms with Crippen molar-refractivity contribution in [3.8, 4) is 6.07 Å². The minimum Gasteiger partial charge on any atom is -0.461 e. The van der Waals surface area contributed by atoms with Gasteiger partial charge in [0.25, 0.3) is 5.69 Å². The number of esters is 1. The van der Waals surface area contributed by atoms with Gasteiger partial charge in [-0.2, -0.15) is 5.26 Å². The number of non-ortho nitro benzene ring substituents is 1. The number of nitrogens with zero attached hydrogens (tertiary/aromatic N) is 3. The summed E-state index contributed by atoms with van der Waals surface area (Å²) in [5, 5.41) is 21.3. The molecule has 1 aromatic rings. The molecule has 0 aromatic heterocycles. The fraction of sp³-hybridized carbons (Fsp3) is 0.381. The molecule has 0 bridgehead atoms. The van der Waals surface area contributed by atoms with Crippen molar-refractivity contribution < 1.29 is 19.2 Å². The van der Waals surface area contributed by atoms with E-state index in [9.17, 15) is 19.7 Å². The van der Waals surface area contributed by atoms with Gasteiger partial charge in [0.05, 0.1) is 23.0 Å². The molecule has 0 aliphatic carbocycles. The van der Waals surface area contributed by atoms with Crippen LogP contribution in [0.5, 0.6) is 0 Å². The largest absolute Gasteiger partial charge is 0.461 e. The van der Waals surface area contributed by atoms with Crippen molar-refractivity contribution in [2.45, 2.75) is 46.0 Å². The number of allylic oxidation sites excluding steroid dienone is 3. The maximum atomic E-state index is 13.0. The summed E-state index contributed by atoms with van der Waals surface area (Å²) in [5.74, 6) is -1.07. The molecule has 2 rings (SSSR count). The third-order valence-corrected chi connectivity index (χ3v) is 4.97. The number of amides is 1. The molecule has 1 aliphatic rings. The summed E-state index contributed by atoms with van der Waals surface area (Å²) < 4.78 is 5.30. The molecule has 158 valence electrons. The Kier molecular flexibility index (Phi) is 7.69. The quantitative estimate of drug-likeness (QED) is 0.216. The molecule has 0 saturated heterocycles. The zero-order valence-electron chi connectivity index (χ0n) is 17.2. The standard InChI is InChI=1S/C21H24N4O5/c1-4-6-18-14(2)24(23-13-26)15(3)19(21(27)30-12-5-11-22)20(18)16-7-9-17(10-8-16)25(28)29/h7-10,13,20H,4-6,12H2,1-3H3,(H,23,26). The van der Waals surface area contributed by atoms with Crippen LogP contribution in [0.3, 0.4) is 0 Å². The maximum absolute atomic E-state index is 13.0. The van der Waals surface area contributed by atoms with Crippen molar-refractivity contribution in [1.29, 1.82) is 5.26 Å². The second-order valence-corrected chi connectivity index (χ2v) is 6.77. The predicted molar refractivity (Wildman–Crippen MR) is 108 cm³/mol. The van der Waals surface area contributed by atoms with Crippen LogP contribution in [0.4, 0.5) is 5.69 Å². The average Bonchev–Trinajstić information content (AvgIpc) is 2.73. The Labute approximate surface area is 174 Å². The van der Waals surface area contributed by atoms with Crippen LogP contribution in [0.1, 0.15) is 51.5 Å². The molecule has 0 radical (unpaired) electrons. The molecule has 30 heavy (non-hydrogen) atoms. The number of nitrogens with one attached hydrogen (secondary N) is 1. The highest BCUT2D eigenvalue weighted by Crippen LogP contribution is 2.43. The van der Waals surface area contributed by atoms with Gasteiger partial charge in [-0.3, -0.25) is 25.3 Å². The van der Waals surface area contributed by atoms with E-state index in [2.05, 4.69) is 5.43 Å². The zero-order valence-corrected chi connectivity index (χ0v) is 17.2. The molecule has 1 heterocycles. The van der Waals surface area contributed by atoms with E-state index in [1.54, 1.807) is 24.1 Å². The Balaban J connectivity index is 2.62. The van der Waals surface area contributed by atoms with Gasteiger partial charge in [0.2, 0.25) is 6.41 Å². The molecular weight excluding hydrogens is 388 g/mol. The number of hydrogen-bond donors (Lipinski definition) is 1. The third-order valence-electron chi connectivity index (χ3n) is 4.97.